The van der Waals surface area contributed by atoms with Crippen LogP contribution in [0.1, 0.15) is 110 Å². The van der Waals surface area contributed by atoms with Gasteiger partial charge < -0.3 is 19.4 Å². The molecule has 4 heteroatoms. The van der Waals surface area contributed by atoms with Crippen LogP contribution < -0.4 is 4.74 Å². The van der Waals surface area contributed by atoms with Crippen LogP contribution in [0.3, 0.4) is 0 Å². The fraction of sp³-hybridized carbons (Fsp3) is 0.800. The van der Waals surface area contributed by atoms with Gasteiger partial charge in [-0.05, 0) is 135 Å². The normalized spacial score (nSPS) is 41.1. The van der Waals surface area contributed by atoms with Gasteiger partial charge in [-0.1, -0.05) is 39.8 Å². The number of ether oxygens (including phenoxy) is 2. The average molecular weight is 539 g/mol. The zero-order valence-corrected chi connectivity index (χ0v) is 25.3. The number of hydrogen-bond acceptors (Lipinski definition) is 4. The second-order valence-electron chi connectivity index (χ2n) is 14.5. The molecule has 10 atom stereocenters. The number of aldehydes is 1. The van der Waals surface area contributed by atoms with E-state index in [2.05, 4.69) is 39.8 Å². The first-order valence-electron chi connectivity index (χ1n) is 16.1. The quantitative estimate of drug-likeness (QED) is 0.307. The number of rotatable bonds is 10. The molecule has 0 radical (unpaired) electrons. The number of hydrogen-bond donors (Lipinski definition) is 1. The summed E-state index contributed by atoms with van der Waals surface area (Å²) >= 11 is 0. The Kier molecular flexibility index (Phi) is 8.57. The molecule has 0 spiro atoms. The summed E-state index contributed by atoms with van der Waals surface area (Å²) in [4.78, 5) is 11.4. The summed E-state index contributed by atoms with van der Waals surface area (Å²) in [5.74, 6) is 5.11. The monoisotopic (exact) mass is 538 g/mol. The van der Waals surface area contributed by atoms with Crippen LogP contribution in [0.2, 0.25) is 0 Å². The Morgan fingerprint density at radius 3 is 2.44 bits per heavy atom. The fourth-order valence-electron chi connectivity index (χ4n) is 10.5. The highest BCUT2D eigenvalue weighted by Gasteiger charge is 2.61. The van der Waals surface area contributed by atoms with Crippen LogP contribution in [-0.2, 0) is 16.1 Å². The molecule has 1 unspecified atom stereocenters. The molecule has 0 aliphatic heterocycles. The third kappa shape index (κ3) is 5.34. The van der Waals surface area contributed by atoms with Crippen LogP contribution in [0.4, 0.5) is 0 Å². The van der Waals surface area contributed by atoms with E-state index >= 15 is 0 Å². The second-order valence-corrected chi connectivity index (χ2v) is 14.5. The fourth-order valence-corrected chi connectivity index (χ4v) is 10.5. The zero-order valence-electron chi connectivity index (χ0n) is 25.3. The highest BCUT2D eigenvalue weighted by atomic mass is 16.5. The van der Waals surface area contributed by atoms with Crippen molar-refractivity contribution in [3.63, 3.8) is 0 Å². The minimum Gasteiger partial charge on any atom is -0.497 e. The van der Waals surface area contributed by atoms with E-state index in [0.717, 1.165) is 61.0 Å². The molecule has 1 aromatic rings. The SMILES string of the molecule is CC[C@@]1(O)CC[C@@]2(C)[C@H](CC[C@@H]3[C@@H]2CC[C@]2(C)[C@@H]([C@H](C)C(CCC=O)OCc4ccc(OC)cc4)CC[C@@H]32)C1. The highest BCUT2D eigenvalue weighted by Crippen LogP contribution is 2.69. The number of methoxy groups -OCH3 is 1. The first-order chi connectivity index (χ1) is 18.7. The van der Waals surface area contributed by atoms with Crippen LogP contribution in [0, 0.1) is 46.3 Å². The molecule has 4 saturated carbocycles. The molecule has 0 bridgehead atoms. The summed E-state index contributed by atoms with van der Waals surface area (Å²) in [6.45, 7) is 10.4. The van der Waals surface area contributed by atoms with Gasteiger partial charge in [0.1, 0.15) is 12.0 Å². The smallest absolute Gasteiger partial charge is 0.120 e. The van der Waals surface area contributed by atoms with Crippen molar-refractivity contribution in [2.24, 2.45) is 46.3 Å². The first kappa shape index (κ1) is 29.1. The molecule has 218 valence electrons. The molecular formula is C35H54O4. The Labute approximate surface area is 237 Å². The van der Waals surface area contributed by atoms with Crippen molar-refractivity contribution < 1.29 is 19.4 Å². The van der Waals surface area contributed by atoms with Crippen LogP contribution in [0.5, 0.6) is 5.75 Å². The maximum atomic E-state index is 11.4. The standard InChI is InChI=1S/C35H54O4/c1-6-35(37)20-19-33(3)26(22-35)11-14-28-30-16-15-29(34(30,4)18-17-31(28)33)24(2)32(8-7-21-36)39-23-25-9-12-27(38-5)13-10-25/h9-10,12-13,21,24,26,28-32,37H,6-8,11,14-20,22-23H2,1-5H3/t24-,26+,28-,29+,30-,31-,32?,33-,34+,35+/m0/s1. The van der Waals surface area contributed by atoms with Crippen molar-refractivity contribution >= 4 is 6.29 Å². The molecular weight excluding hydrogens is 484 g/mol. The molecule has 4 nitrogen and oxygen atoms in total. The van der Waals surface area contributed by atoms with E-state index in [0.29, 0.717) is 41.6 Å². The third-order valence-electron chi connectivity index (χ3n) is 13.0. The lowest BCUT2D eigenvalue weighted by Gasteiger charge is -2.62. The molecule has 1 N–H and O–H groups in total. The van der Waals surface area contributed by atoms with Crippen LogP contribution >= 0.6 is 0 Å². The molecule has 4 aliphatic carbocycles. The van der Waals surface area contributed by atoms with Gasteiger partial charge in [0, 0.05) is 6.42 Å². The molecule has 0 aromatic heterocycles. The lowest BCUT2D eigenvalue weighted by Crippen LogP contribution is -2.56. The summed E-state index contributed by atoms with van der Waals surface area (Å²) in [6, 6.07) is 8.15. The van der Waals surface area contributed by atoms with E-state index in [-0.39, 0.29) is 6.10 Å². The predicted octanol–water partition coefficient (Wildman–Crippen LogP) is 8.00. The van der Waals surface area contributed by atoms with Gasteiger partial charge in [0.2, 0.25) is 0 Å². The van der Waals surface area contributed by atoms with Crippen LogP contribution in [0.25, 0.3) is 0 Å². The number of fused-ring (bicyclic) bond motifs is 5. The third-order valence-corrected chi connectivity index (χ3v) is 13.0. The number of aliphatic hydroxyl groups is 1. The Hall–Kier alpha value is -1.39. The Balaban J connectivity index is 1.29. The summed E-state index contributed by atoms with van der Waals surface area (Å²) in [5.41, 5.74) is 1.51. The van der Waals surface area contributed by atoms with E-state index < -0.39 is 5.60 Å². The van der Waals surface area contributed by atoms with Crippen molar-refractivity contribution in [3.8, 4) is 5.75 Å². The van der Waals surface area contributed by atoms with E-state index in [1.807, 2.05) is 12.1 Å². The van der Waals surface area contributed by atoms with Crippen LogP contribution in [-0.4, -0.2) is 30.2 Å². The van der Waals surface area contributed by atoms with Crippen LogP contribution in [0.15, 0.2) is 24.3 Å². The largest absolute Gasteiger partial charge is 0.497 e. The van der Waals surface area contributed by atoms with Crippen molar-refractivity contribution in [3.05, 3.63) is 29.8 Å². The minimum absolute atomic E-state index is 0.105. The summed E-state index contributed by atoms with van der Waals surface area (Å²) in [5, 5.41) is 11.1. The van der Waals surface area contributed by atoms with E-state index in [9.17, 15) is 9.90 Å². The van der Waals surface area contributed by atoms with E-state index in [1.54, 1.807) is 7.11 Å². The molecule has 1 aromatic carbocycles. The van der Waals surface area contributed by atoms with Crippen molar-refractivity contribution in [2.45, 2.75) is 123 Å². The molecule has 0 heterocycles. The first-order valence-corrected chi connectivity index (χ1v) is 16.1. The maximum absolute atomic E-state index is 11.4. The van der Waals surface area contributed by atoms with E-state index in [4.69, 9.17) is 9.47 Å². The van der Waals surface area contributed by atoms with Crippen molar-refractivity contribution in [2.75, 3.05) is 7.11 Å². The predicted molar refractivity (Wildman–Crippen MR) is 156 cm³/mol. The molecule has 4 fully saturated rings. The molecule has 0 saturated heterocycles. The lowest BCUT2D eigenvalue weighted by atomic mass is 9.43. The van der Waals surface area contributed by atoms with Gasteiger partial charge in [-0.25, -0.2) is 0 Å². The van der Waals surface area contributed by atoms with E-state index in [1.165, 1.54) is 44.9 Å². The minimum atomic E-state index is -0.420. The summed E-state index contributed by atoms with van der Waals surface area (Å²) in [7, 11) is 1.69. The Morgan fingerprint density at radius 1 is 1.00 bits per heavy atom. The summed E-state index contributed by atoms with van der Waals surface area (Å²) in [6.07, 6.45) is 14.7. The van der Waals surface area contributed by atoms with Gasteiger partial charge in [0.05, 0.1) is 25.4 Å². The number of carbonyl (C=O) groups is 1. The maximum Gasteiger partial charge on any atom is 0.120 e. The zero-order chi connectivity index (χ0) is 27.8. The number of benzene rings is 1. The number of carbonyl (C=O) groups excluding carboxylic acids is 1. The molecule has 5 rings (SSSR count). The molecule has 0 amide bonds. The highest BCUT2D eigenvalue weighted by molar-refractivity contribution is 5.49. The topological polar surface area (TPSA) is 55.8 Å². The second kappa shape index (κ2) is 11.5. The summed E-state index contributed by atoms with van der Waals surface area (Å²) < 4.78 is 11.9. The van der Waals surface area contributed by atoms with Gasteiger partial charge in [0.15, 0.2) is 0 Å². The van der Waals surface area contributed by atoms with Gasteiger partial charge in [-0.15, -0.1) is 0 Å². The van der Waals surface area contributed by atoms with Crippen molar-refractivity contribution in [1.82, 2.24) is 0 Å². The average Bonchev–Trinajstić information content (AvgIpc) is 3.30. The molecule has 4 aliphatic rings. The van der Waals surface area contributed by atoms with Gasteiger partial charge in [-0.3, -0.25) is 0 Å². The van der Waals surface area contributed by atoms with Gasteiger partial charge in [-0.2, -0.15) is 0 Å². The van der Waals surface area contributed by atoms with Gasteiger partial charge >= 0.3 is 0 Å². The Morgan fingerprint density at radius 2 is 1.74 bits per heavy atom. The Bertz CT molecular complexity index is 975. The lowest BCUT2D eigenvalue weighted by molar-refractivity contribution is -0.155. The van der Waals surface area contributed by atoms with Crippen molar-refractivity contribution in [1.29, 1.82) is 0 Å². The van der Waals surface area contributed by atoms with Gasteiger partial charge in [0.25, 0.3) is 0 Å². The molecule has 39 heavy (non-hydrogen) atoms.